The normalized spacial score (nSPS) is 11.2. The van der Waals surface area contributed by atoms with Crippen molar-refractivity contribution in [3.63, 3.8) is 0 Å². The van der Waals surface area contributed by atoms with Crippen molar-refractivity contribution < 1.29 is 18.8 Å². The van der Waals surface area contributed by atoms with Gasteiger partial charge in [-0.3, -0.25) is 4.79 Å². The summed E-state index contributed by atoms with van der Waals surface area (Å²) in [7, 11) is 1.53. The van der Waals surface area contributed by atoms with Crippen LogP contribution in [0.5, 0.6) is 11.5 Å². The molecule has 0 saturated heterocycles. The number of aryl methyl sites for hydroxylation is 1. The smallest absolute Gasteiger partial charge is 0.267 e. The number of hydrogen-bond acceptors (Lipinski definition) is 6. The summed E-state index contributed by atoms with van der Waals surface area (Å²) in [6.45, 7) is 6.33. The third kappa shape index (κ3) is 5.59. The van der Waals surface area contributed by atoms with E-state index in [1.807, 2.05) is 19.9 Å². The maximum Gasteiger partial charge on any atom is 0.267 e. The van der Waals surface area contributed by atoms with Crippen LogP contribution in [0.25, 0.3) is 6.08 Å². The first-order valence-corrected chi connectivity index (χ1v) is 9.00. The lowest BCUT2D eigenvalue weighted by molar-refractivity contribution is -0.112. The van der Waals surface area contributed by atoms with E-state index in [2.05, 4.69) is 26.4 Å². The number of aromatic nitrogens is 1. The van der Waals surface area contributed by atoms with Crippen molar-refractivity contribution >= 4 is 33.7 Å². The molecule has 0 aliphatic heterocycles. The Labute approximate surface area is 166 Å². The number of hydrogen-bond donors (Lipinski definition) is 1. The summed E-state index contributed by atoms with van der Waals surface area (Å²) < 4.78 is 16.7. The number of nitriles is 1. The zero-order chi connectivity index (χ0) is 20.0. The van der Waals surface area contributed by atoms with Crippen molar-refractivity contribution in [2.45, 2.75) is 20.8 Å². The van der Waals surface area contributed by atoms with Crippen LogP contribution in [0.1, 0.15) is 25.2 Å². The summed E-state index contributed by atoms with van der Waals surface area (Å²) in [5, 5.41) is 15.5. The van der Waals surface area contributed by atoms with Crippen LogP contribution in [0, 0.1) is 24.2 Å². The van der Waals surface area contributed by atoms with E-state index in [4.69, 9.17) is 14.0 Å². The van der Waals surface area contributed by atoms with Gasteiger partial charge in [-0.15, -0.1) is 0 Å². The zero-order valence-corrected chi connectivity index (χ0v) is 17.1. The maximum absolute atomic E-state index is 12.3. The van der Waals surface area contributed by atoms with Gasteiger partial charge in [0.05, 0.1) is 18.2 Å². The van der Waals surface area contributed by atoms with Crippen LogP contribution in [-0.4, -0.2) is 24.8 Å². The van der Waals surface area contributed by atoms with Crippen LogP contribution in [0.3, 0.4) is 0 Å². The highest BCUT2D eigenvalue weighted by Gasteiger charge is 2.15. The number of carbonyl (C=O) groups is 1. The molecule has 142 valence electrons. The van der Waals surface area contributed by atoms with E-state index >= 15 is 0 Å². The van der Waals surface area contributed by atoms with Crippen LogP contribution in [0.2, 0.25) is 0 Å². The second kappa shape index (κ2) is 9.24. The largest absolute Gasteiger partial charge is 0.493 e. The van der Waals surface area contributed by atoms with Crippen molar-refractivity contribution in [3.8, 4) is 17.6 Å². The Hall–Kier alpha value is -2.79. The Balaban J connectivity index is 2.28. The van der Waals surface area contributed by atoms with Crippen LogP contribution in [0.15, 0.2) is 32.8 Å². The van der Waals surface area contributed by atoms with Crippen molar-refractivity contribution in [3.05, 3.63) is 39.6 Å². The molecule has 0 unspecified atom stereocenters. The van der Waals surface area contributed by atoms with Gasteiger partial charge in [-0.1, -0.05) is 19.0 Å². The third-order valence-corrected chi connectivity index (χ3v) is 3.95. The SMILES string of the molecule is COc1cc(/C=C(/C#N)C(=O)Nc2cc(C)on2)cc(Br)c1OCC(C)C. The van der Waals surface area contributed by atoms with Gasteiger partial charge in [0.2, 0.25) is 0 Å². The number of nitrogens with one attached hydrogen (secondary N) is 1. The fourth-order valence-electron chi connectivity index (χ4n) is 2.14. The summed E-state index contributed by atoms with van der Waals surface area (Å²) in [6.07, 6.45) is 1.46. The number of rotatable bonds is 7. The van der Waals surface area contributed by atoms with Crippen molar-refractivity contribution in [1.82, 2.24) is 5.16 Å². The molecule has 1 aromatic carbocycles. The monoisotopic (exact) mass is 433 g/mol. The summed E-state index contributed by atoms with van der Waals surface area (Å²) in [5.74, 6) is 1.65. The van der Waals surface area contributed by atoms with E-state index in [1.165, 1.54) is 13.2 Å². The topological polar surface area (TPSA) is 97.4 Å². The summed E-state index contributed by atoms with van der Waals surface area (Å²) in [5.41, 5.74) is 0.527. The standard InChI is InChI=1S/C19H20BrN3O4/c1-11(2)10-26-18-15(20)7-13(8-16(18)25-4)6-14(9-21)19(24)22-17-5-12(3)27-23-17/h5-8,11H,10H2,1-4H3,(H,22,23,24)/b14-6-. The lowest BCUT2D eigenvalue weighted by atomic mass is 10.1. The molecular weight excluding hydrogens is 414 g/mol. The Morgan fingerprint density at radius 2 is 2.19 bits per heavy atom. The zero-order valence-electron chi connectivity index (χ0n) is 15.5. The Bertz CT molecular complexity index is 897. The summed E-state index contributed by atoms with van der Waals surface area (Å²) in [4.78, 5) is 12.3. The number of amides is 1. The molecule has 1 amide bonds. The number of carbonyl (C=O) groups excluding carboxylic acids is 1. The number of benzene rings is 1. The molecule has 2 aromatic rings. The molecule has 2 rings (SSSR count). The Kier molecular flexibility index (Phi) is 7.02. The molecule has 27 heavy (non-hydrogen) atoms. The molecule has 0 atom stereocenters. The molecule has 1 N–H and O–H groups in total. The average Bonchev–Trinajstić information content (AvgIpc) is 3.02. The maximum atomic E-state index is 12.3. The minimum Gasteiger partial charge on any atom is -0.493 e. The van der Waals surface area contributed by atoms with E-state index in [-0.39, 0.29) is 11.4 Å². The fourth-order valence-corrected chi connectivity index (χ4v) is 2.71. The van der Waals surface area contributed by atoms with E-state index < -0.39 is 5.91 Å². The highest BCUT2D eigenvalue weighted by atomic mass is 79.9. The molecule has 0 radical (unpaired) electrons. The predicted octanol–water partition coefficient (Wildman–Crippen LogP) is 4.33. The lowest BCUT2D eigenvalue weighted by Gasteiger charge is -2.15. The highest BCUT2D eigenvalue weighted by Crippen LogP contribution is 2.37. The van der Waals surface area contributed by atoms with E-state index in [0.717, 1.165) is 0 Å². The molecular formula is C19H20BrN3O4. The molecule has 1 aromatic heterocycles. The predicted molar refractivity (Wildman–Crippen MR) is 104 cm³/mol. The van der Waals surface area contributed by atoms with Gasteiger partial charge in [-0.2, -0.15) is 5.26 Å². The number of anilines is 1. The second-order valence-electron chi connectivity index (χ2n) is 6.19. The van der Waals surface area contributed by atoms with E-state index in [1.54, 1.807) is 25.1 Å². The quantitative estimate of drug-likeness (QED) is 0.515. The summed E-state index contributed by atoms with van der Waals surface area (Å²) in [6, 6.07) is 6.91. The van der Waals surface area contributed by atoms with Gasteiger partial charge in [0.25, 0.3) is 5.91 Å². The molecule has 0 fully saturated rings. The number of halogens is 1. The second-order valence-corrected chi connectivity index (χ2v) is 7.04. The minimum absolute atomic E-state index is 0.0829. The van der Waals surface area contributed by atoms with Crippen LogP contribution in [-0.2, 0) is 4.79 Å². The van der Waals surface area contributed by atoms with E-state index in [0.29, 0.717) is 39.8 Å². The first-order chi connectivity index (χ1) is 12.8. The molecule has 0 aliphatic rings. The van der Waals surface area contributed by atoms with Crippen molar-refractivity contribution in [2.75, 3.05) is 19.0 Å². The van der Waals surface area contributed by atoms with Gasteiger partial charge < -0.3 is 19.3 Å². The van der Waals surface area contributed by atoms with Crippen LogP contribution in [0.4, 0.5) is 5.82 Å². The highest BCUT2D eigenvalue weighted by molar-refractivity contribution is 9.10. The minimum atomic E-state index is -0.582. The summed E-state index contributed by atoms with van der Waals surface area (Å²) >= 11 is 3.45. The molecule has 1 heterocycles. The molecule has 0 saturated carbocycles. The average molecular weight is 434 g/mol. The number of nitrogens with zero attached hydrogens (tertiary/aromatic N) is 2. The molecule has 0 aliphatic carbocycles. The number of ether oxygens (including phenoxy) is 2. The van der Waals surface area contributed by atoms with Crippen LogP contribution < -0.4 is 14.8 Å². The van der Waals surface area contributed by atoms with Gasteiger partial charge in [0, 0.05) is 6.07 Å². The number of methoxy groups -OCH3 is 1. The van der Waals surface area contributed by atoms with Gasteiger partial charge in [-0.05, 0) is 52.5 Å². The fraction of sp³-hybridized carbons (Fsp3) is 0.316. The third-order valence-electron chi connectivity index (χ3n) is 3.36. The van der Waals surface area contributed by atoms with Gasteiger partial charge in [0.1, 0.15) is 17.4 Å². The molecule has 0 spiro atoms. The van der Waals surface area contributed by atoms with Gasteiger partial charge >= 0.3 is 0 Å². The van der Waals surface area contributed by atoms with Crippen molar-refractivity contribution in [2.24, 2.45) is 5.92 Å². The van der Waals surface area contributed by atoms with Gasteiger partial charge in [0.15, 0.2) is 17.3 Å². The van der Waals surface area contributed by atoms with E-state index in [9.17, 15) is 10.1 Å². The van der Waals surface area contributed by atoms with Crippen molar-refractivity contribution in [1.29, 1.82) is 5.26 Å². The lowest BCUT2D eigenvalue weighted by Crippen LogP contribution is -2.13. The van der Waals surface area contributed by atoms with Gasteiger partial charge in [-0.25, -0.2) is 0 Å². The van der Waals surface area contributed by atoms with Crippen LogP contribution >= 0.6 is 15.9 Å². The Morgan fingerprint density at radius 3 is 2.74 bits per heavy atom. The first-order valence-electron chi connectivity index (χ1n) is 8.20. The molecule has 0 bridgehead atoms. The molecule has 7 nitrogen and oxygen atoms in total. The Morgan fingerprint density at radius 1 is 1.44 bits per heavy atom. The first kappa shape index (κ1) is 20.5. The molecule has 8 heteroatoms.